The maximum absolute atomic E-state index is 12.2. The largest absolute Gasteiger partial charge is 0.219 e. The average molecular weight is 327 g/mol. The standard InChI is InChI=1S/C17H17N3O2S/c18-20-19-16(12-11-15-7-3-1-4-8-15)13-14-23(21,22)17-9-5-2-6-10-17/h1-10,13-14,16H,11-12H2/b14-13+/t16-/m1/s1. The Balaban J connectivity index is 2.08. The normalized spacial score (nSPS) is 12.7. The summed E-state index contributed by atoms with van der Waals surface area (Å²) in [4.78, 5) is 3.02. The molecule has 5 nitrogen and oxygen atoms in total. The Kier molecular flexibility index (Phi) is 5.97. The fourth-order valence-electron chi connectivity index (χ4n) is 2.10. The van der Waals surface area contributed by atoms with Crippen molar-refractivity contribution in [3.8, 4) is 0 Å². The second-order valence-electron chi connectivity index (χ2n) is 4.98. The number of nitrogens with zero attached hydrogens (tertiary/aromatic N) is 3. The summed E-state index contributed by atoms with van der Waals surface area (Å²) in [6, 6.07) is 17.4. The molecule has 0 heterocycles. The molecule has 0 aliphatic carbocycles. The third-order valence-electron chi connectivity index (χ3n) is 3.32. The summed E-state index contributed by atoms with van der Waals surface area (Å²) in [5.41, 5.74) is 9.77. The number of hydrogen-bond donors (Lipinski definition) is 0. The lowest BCUT2D eigenvalue weighted by Crippen LogP contribution is -2.04. The summed E-state index contributed by atoms with van der Waals surface area (Å²) in [7, 11) is -3.52. The van der Waals surface area contributed by atoms with Gasteiger partial charge in [0.1, 0.15) is 0 Å². The van der Waals surface area contributed by atoms with Crippen LogP contribution in [0.25, 0.3) is 10.4 Å². The fourth-order valence-corrected chi connectivity index (χ4v) is 3.18. The van der Waals surface area contributed by atoms with E-state index in [2.05, 4.69) is 10.0 Å². The lowest BCUT2D eigenvalue weighted by molar-refractivity contribution is 0.604. The smallest absolute Gasteiger partial charge is 0.199 e. The maximum atomic E-state index is 12.2. The van der Waals surface area contributed by atoms with Crippen molar-refractivity contribution in [1.29, 1.82) is 0 Å². The first-order chi connectivity index (χ1) is 11.1. The van der Waals surface area contributed by atoms with E-state index in [-0.39, 0.29) is 4.90 Å². The zero-order chi connectivity index (χ0) is 16.5. The zero-order valence-electron chi connectivity index (χ0n) is 12.5. The first kappa shape index (κ1) is 16.8. The van der Waals surface area contributed by atoms with Crippen LogP contribution in [0, 0.1) is 0 Å². The van der Waals surface area contributed by atoms with Crippen LogP contribution in [0.15, 0.2) is 82.2 Å². The highest BCUT2D eigenvalue weighted by molar-refractivity contribution is 7.94. The number of sulfone groups is 1. The van der Waals surface area contributed by atoms with E-state index < -0.39 is 15.9 Å². The van der Waals surface area contributed by atoms with E-state index in [0.29, 0.717) is 12.8 Å². The Morgan fingerprint density at radius 2 is 1.65 bits per heavy atom. The van der Waals surface area contributed by atoms with Gasteiger partial charge in [0, 0.05) is 10.3 Å². The van der Waals surface area contributed by atoms with Crippen molar-refractivity contribution >= 4 is 9.84 Å². The molecule has 2 aromatic carbocycles. The Labute approximate surface area is 135 Å². The third-order valence-corrected chi connectivity index (χ3v) is 4.77. The molecule has 23 heavy (non-hydrogen) atoms. The van der Waals surface area contributed by atoms with Crippen LogP contribution in [0.5, 0.6) is 0 Å². The molecule has 0 saturated carbocycles. The van der Waals surface area contributed by atoms with Crippen LogP contribution < -0.4 is 0 Å². The number of aryl methyl sites for hydroxylation is 1. The van der Waals surface area contributed by atoms with Gasteiger partial charge < -0.3 is 0 Å². The molecule has 2 aromatic rings. The number of hydrogen-bond acceptors (Lipinski definition) is 3. The molecule has 0 N–H and O–H groups in total. The third kappa shape index (κ3) is 5.29. The van der Waals surface area contributed by atoms with Gasteiger partial charge in [-0.1, -0.05) is 59.7 Å². The van der Waals surface area contributed by atoms with Gasteiger partial charge in [-0.2, -0.15) is 0 Å². The minimum Gasteiger partial charge on any atom is -0.219 e. The van der Waals surface area contributed by atoms with Crippen LogP contribution in [0.1, 0.15) is 12.0 Å². The van der Waals surface area contributed by atoms with Gasteiger partial charge in [-0.15, -0.1) is 0 Å². The second-order valence-corrected chi connectivity index (χ2v) is 6.82. The molecular weight excluding hydrogens is 310 g/mol. The first-order valence-corrected chi connectivity index (χ1v) is 8.73. The summed E-state index contributed by atoms with van der Waals surface area (Å²) >= 11 is 0. The zero-order valence-corrected chi connectivity index (χ0v) is 13.3. The van der Waals surface area contributed by atoms with Gasteiger partial charge in [0.25, 0.3) is 0 Å². The molecule has 1 atom stereocenters. The first-order valence-electron chi connectivity index (χ1n) is 7.18. The molecule has 0 bridgehead atoms. The molecule has 0 aliphatic heterocycles. The SMILES string of the molecule is [N-]=[N+]=N[C@@H](/C=C/S(=O)(=O)c1ccccc1)CCc1ccccc1. The van der Waals surface area contributed by atoms with Crippen LogP contribution in [0.4, 0.5) is 0 Å². The molecular formula is C17H17N3O2S. The highest BCUT2D eigenvalue weighted by Crippen LogP contribution is 2.14. The molecule has 0 aromatic heterocycles. The van der Waals surface area contributed by atoms with E-state index in [1.54, 1.807) is 18.2 Å². The minimum atomic E-state index is -3.52. The second kappa shape index (κ2) is 8.17. The van der Waals surface area contributed by atoms with Crippen molar-refractivity contribution in [2.24, 2.45) is 5.11 Å². The lowest BCUT2D eigenvalue weighted by atomic mass is 10.1. The van der Waals surface area contributed by atoms with Crippen LogP contribution >= 0.6 is 0 Å². The van der Waals surface area contributed by atoms with Crippen molar-refractivity contribution in [2.45, 2.75) is 23.8 Å². The lowest BCUT2D eigenvalue weighted by Gasteiger charge is -2.06. The van der Waals surface area contributed by atoms with E-state index in [4.69, 9.17) is 5.53 Å². The highest BCUT2D eigenvalue weighted by atomic mass is 32.2. The summed E-state index contributed by atoms with van der Waals surface area (Å²) in [5.74, 6) is 0. The molecule has 118 valence electrons. The van der Waals surface area contributed by atoms with Gasteiger partial charge in [-0.05, 0) is 36.1 Å². The highest BCUT2D eigenvalue weighted by Gasteiger charge is 2.11. The topological polar surface area (TPSA) is 82.9 Å². The number of rotatable bonds is 7. The van der Waals surface area contributed by atoms with Gasteiger partial charge in [0.05, 0.1) is 10.9 Å². The van der Waals surface area contributed by atoms with Crippen molar-refractivity contribution < 1.29 is 8.42 Å². The van der Waals surface area contributed by atoms with Crippen LogP contribution in [0.3, 0.4) is 0 Å². The Morgan fingerprint density at radius 1 is 1.04 bits per heavy atom. The predicted octanol–water partition coefficient (Wildman–Crippen LogP) is 4.29. The van der Waals surface area contributed by atoms with E-state index in [1.165, 1.54) is 18.2 Å². The molecule has 0 saturated heterocycles. The summed E-state index contributed by atoms with van der Waals surface area (Å²) in [6.45, 7) is 0. The van der Waals surface area contributed by atoms with E-state index in [0.717, 1.165) is 11.0 Å². The van der Waals surface area contributed by atoms with E-state index in [1.807, 2.05) is 30.3 Å². The Hall–Kier alpha value is -2.56. The van der Waals surface area contributed by atoms with Crippen molar-refractivity contribution in [1.82, 2.24) is 0 Å². The summed E-state index contributed by atoms with van der Waals surface area (Å²) in [5, 5.41) is 4.78. The van der Waals surface area contributed by atoms with Gasteiger partial charge >= 0.3 is 0 Å². The van der Waals surface area contributed by atoms with Gasteiger partial charge in [0.15, 0.2) is 9.84 Å². The molecule has 0 aliphatic rings. The predicted molar refractivity (Wildman–Crippen MR) is 90.5 cm³/mol. The van der Waals surface area contributed by atoms with Crippen molar-refractivity contribution in [3.63, 3.8) is 0 Å². The Bertz CT molecular complexity index is 796. The van der Waals surface area contributed by atoms with Crippen LogP contribution in [-0.4, -0.2) is 14.5 Å². The fraction of sp³-hybridized carbons (Fsp3) is 0.176. The quantitative estimate of drug-likeness (QED) is 0.432. The van der Waals surface area contributed by atoms with Crippen molar-refractivity contribution in [2.75, 3.05) is 0 Å². The monoisotopic (exact) mass is 327 g/mol. The molecule has 2 rings (SSSR count). The maximum Gasteiger partial charge on any atom is 0.199 e. The number of azide groups is 1. The Morgan fingerprint density at radius 3 is 2.26 bits per heavy atom. The minimum absolute atomic E-state index is 0.221. The summed E-state index contributed by atoms with van der Waals surface area (Å²) < 4.78 is 24.4. The van der Waals surface area contributed by atoms with E-state index >= 15 is 0 Å². The molecule has 0 amide bonds. The molecule has 0 spiro atoms. The van der Waals surface area contributed by atoms with Gasteiger partial charge in [-0.3, -0.25) is 0 Å². The molecule has 6 heteroatoms. The van der Waals surface area contributed by atoms with Gasteiger partial charge in [0.2, 0.25) is 0 Å². The average Bonchev–Trinajstić information content (AvgIpc) is 2.59. The van der Waals surface area contributed by atoms with Crippen LogP contribution in [-0.2, 0) is 16.3 Å². The molecule has 0 radical (unpaired) electrons. The molecule has 0 unspecified atom stereocenters. The summed E-state index contributed by atoms with van der Waals surface area (Å²) in [6.07, 6.45) is 2.71. The molecule has 0 fully saturated rings. The van der Waals surface area contributed by atoms with Gasteiger partial charge in [-0.25, -0.2) is 8.42 Å². The van der Waals surface area contributed by atoms with Crippen molar-refractivity contribution in [3.05, 3.63) is 88.2 Å². The van der Waals surface area contributed by atoms with Crippen LogP contribution in [0.2, 0.25) is 0 Å². The number of benzene rings is 2. The van der Waals surface area contributed by atoms with E-state index in [9.17, 15) is 8.42 Å².